The first-order chi connectivity index (χ1) is 9.63. The molecule has 2 nitrogen and oxygen atoms in total. The molecule has 0 fully saturated rings. The average Bonchev–Trinajstić information content (AvgIpc) is 2.47. The first kappa shape index (κ1) is 14.8. The second-order valence-corrected chi connectivity index (χ2v) is 5.52. The summed E-state index contributed by atoms with van der Waals surface area (Å²) >= 11 is 3.42. The SMILES string of the molecule is CCc1ccc(C(=O)Cc2cc(Br)ccc2OC)cc1. The van der Waals surface area contributed by atoms with Crippen molar-refractivity contribution in [2.24, 2.45) is 0 Å². The minimum atomic E-state index is 0.101. The Kier molecular flexibility index (Phi) is 4.96. The molecule has 0 radical (unpaired) electrons. The number of hydrogen-bond donors (Lipinski definition) is 0. The Labute approximate surface area is 127 Å². The van der Waals surface area contributed by atoms with Crippen LogP contribution < -0.4 is 4.74 Å². The van der Waals surface area contributed by atoms with Gasteiger partial charge < -0.3 is 4.74 Å². The molecule has 0 unspecified atom stereocenters. The fraction of sp³-hybridized carbons (Fsp3) is 0.235. The Hall–Kier alpha value is -1.61. The average molecular weight is 333 g/mol. The molecule has 0 aliphatic heterocycles. The number of rotatable bonds is 5. The molecule has 0 bridgehead atoms. The standard InChI is InChI=1S/C17H17BrO2/c1-3-12-4-6-13(7-5-12)16(19)11-14-10-15(18)8-9-17(14)20-2/h4-10H,3,11H2,1-2H3. The zero-order chi connectivity index (χ0) is 14.5. The third kappa shape index (κ3) is 3.48. The first-order valence-corrected chi connectivity index (χ1v) is 7.38. The van der Waals surface area contributed by atoms with E-state index in [1.165, 1.54) is 5.56 Å². The predicted molar refractivity (Wildman–Crippen MR) is 84.5 cm³/mol. The number of Topliss-reactive ketones (excluding diaryl/α,β-unsaturated/α-hetero) is 1. The van der Waals surface area contributed by atoms with E-state index in [1.54, 1.807) is 7.11 Å². The van der Waals surface area contributed by atoms with Crippen molar-refractivity contribution in [3.63, 3.8) is 0 Å². The summed E-state index contributed by atoms with van der Waals surface area (Å²) in [6.45, 7) is 2.10. The maximum absolute atomic E-state index is 12.3. The molecule has 0 aromatic heterocycles. The number of carbonyl (C=O) groups excluding carboxylic acids is 1. The quantitative estimate of drug-likeness (QED) is 0.756. The van der Waals surface area contributed by atoms with Gasteiger partial charge in [0.25, 0.3) is 0 Å². The van der Waals surface area contributed by atoms with Gasteiger partial charge in [-0.3, -0.25) is 4.79 Å². The molecule has 0 amide bonds. The number of ether oxygens (including phenoxy) is 1. The molecule has 0 saturated heterocycles. The number of ketones is 1. The van der Waals surface area contributed by atoms with Crippen LogP contribution >= 0.6 is 15.9 Å². The van der Waals surface area contributed by atoms with Crippen molar-refractivity contribution >= 4 is 21.7 Å². The summed E-state index contributed by atoms with van der Waals surface area (Å²) in [5.41, 5.74) is 2.87. The van der Waals surface area contributed by atoms with E-state index < -0.39 is 0 Å². The first-order valence-electron chi connectivity index (χ1n) is 6.58. The highest BCUT2D eigenvalue weighted by molar-refractivity contribution is 9.10. The van der Waals surface area contributed by atoms with E-state index in [1.807, 2.05) is 42.5 Å². The molecule has 0 spiro atoms. The molecule has 0 aliphatic carbocycles. The van der Waals surface area contributed by atoms with Crippen LogP contribution in [0.1, 0.15) is 28.4 Å². The van der Waals surface area contributed by atoms with Crippen LogP contribution in [0.2, 0.25) is 0 Å². The van der Waals surface area contributed by atoms with E-state index >= 15 is 0 Å². The number of aryl methyl sites for hydroxylation is 1. The van der Waals surface area contributed by atoms with Gasteiger partial charge in [-0.2, -0.15) is 0 Å². The molecule has 2 aromatic rings. The molecule has 104 valence electrons. The van der Waals surface area contributed by atoms with E-state index in [4.69, 9.17) is 4.74 Å². The molecule has 0 aliphatic rings. The van der Waals surface area contributed by atoms with E-state index in [-0.39, 0.29) is 5.78 Å². The van der Waals surface area contributed by atoms with Crippen LogP contribution in [-0.2, 0) is 12.8 Å². The van der Waals surface area contributed by atoms with Crippen molar-refractivity contribution < 1.29 is 9.53 Å². The Balaban J connectivity index is 2.20. The molecule has 2 aromatic carbocycles. The lowest BCUT2D eigenvalue weighted by Crippen LogP contribution is -2.05. The zero-order valence-electron chi connectivity index (χ0n) is 11.7. The van der Waals surface area contributed by atoms with Gasteiger partial charge in [0.1, 0.15) is 5.75 Å². The highest BCUT2D eigenvalue weighted by Crippen LogP contribution is 2.24. The van der Waals surface area contributed by atoms with Crippen LogP contribution in [0, 0.1) is 0 Å². The molecule has 20 heavy (non-hydrogen) atoms. The predicted octanol–water partition coefficient (Wildman–Crippen LogP) is 4.45. The van der Waals surface area contributed by atoms with Gasteiger partial charge in [-0.1, -0.05) is 47.1 Å². The lowest BCUT2D eigenvalue weighted by atomic mass is 10.0. The van der Waals surface area contributed by atoms with Crippen molar-refractivity contribution in [3.8, 4) is 5.75 Å². The van der Waals surface area contributed by atoms with E-state index in [9.17, 15) is 4.79 Å². The summed E-state index contributed by atoms with van der Waals surface area (Å²) in [5, 5.41) is 0. The molecule has 0 heterocycles. The lowest BCUT2D eigenvalue weighted by molar-refractivity contribution is 0.0992. The van der Waals surface area contributed by atoms with Gasteiger partial charge in [-0.15, -0.1) is 0 Å². The highest BCUT2D eigenvalue weighted by Gasteiger charge is 2.11. The minimum absolute atomic E-state index is 0.101. The maximum Gasteiger partial charge on any atom is 0.167 e. The van der Waals surface area contributed by atoms with Gasteiger partial charge in [-0.25, -0.2) is 0 Å². The van der Waals surface area contributed by atoms with E-state index in [0.29, 0.717) is 6.42 Å². The number of benzene rings is 2. The van der Waals surface area contributed by atoms with Gasteiger partial charge >= 0.3 is 0 Å². The smallest absolute Gasteiger partial charge is 0.167 e. The Bertz CT molecular complexity index is 603. The monoisotopic (exact) mass is 332 g/mol. The highest BCUT2D eigenvalue weighted by atomic mass is 79.9. The minimum Gasteiger partial charge on any atom is -0.496 e. The van der Waals surface area contributed by atoms with Crippen molar-refractivity contribution in [1.29, 1.82) is 0 Å². The van der Waals surface area contributed by atoms with Gasteiger partial charge in [0.05, 0.1) is 7.11 Å². The van der Waals surface area contributed by atoms with Crippen LogP contribution in [0.25, 0.3) is 0 Å². The van der Waals surface area contributed by atoms with E-state index in [2.05, 4.69) is 22.9 Å². The van der Waals surface area contributed by atoms with Crippen molar-refractivity contribution in [2.45, 2.75) is 19.8 Å². The lowest BCUT2D eigenvalue weighted by Gasteiger charge is -2.09. The summed E-state index contributed by atoms with van der Waals surface area (Å²) in [5.74, 6) is 0.843. The third-order valence-electron chi connectivity index (χ3n) is 3.28. The van der Waals surface area contributed by atoms with Gasteiger partial charge in [0, 0.05) is 22.0 Å². The molecule has 0 saturated carbocycles. The number of halogens is 1. The van der Waals surface area contributed by atoms with E-state index in [0.717, 1.165) is 27.8 Å². The summed E-state index contributed by atoms with van der Waals surface area (Å²) in [7, 11) is 1.62. The van der Waals surface area contributed by atoms with Crippen molar-refractivity contribution in [1.82, 2.24) is 0 Å². The van der Waals surface area contributed by atoms with Gasteiger partial charge in [0.15, 0.2) is 5.78 Å². The Morgan fingerprint density at radius 3 is 2.45 bits per heavy atom. The molecule has 0 atom stereocenters. The Morgan fingerprint density at radius 1 is 1.15 bits per heavy atom. The summed E-state index contributed by atoms with van der Waals surface area (Å²) < 4.78 is 6.25. The number of hydrogen-bond acceptors (Lipinski definition) is 2. The fourth-order valence-corrected chi connectivity index (χ4v) is 2.50. The van der Waals surface area contributed by atoms with Crippen molar-refractivity contribution in [3.05, 3.63) is 63.6 Å². The fourth-order valence-electron chi connectivity index (χ4n) is 2.09. The van der Waals surface area contributed by atoms with Crippen LogP contribution in [0.15, 0.2) is 46.9 Å². The molecular formula is C17H17BrO2. The van der Waals surface area contributed by atoms with Crippen molar-refractivity contribution in [2.75, 3.05) is 7.11 Å². The molecular weight excluding hydrogens is 316 g/mol. The zero-order valence-corrected chi connectivity index (χ0v) is 13.2. The van der Waals surface area contributed by atoms with Crippen LogP contribution in [-0.4, -0.2) is 12.9 Å². The largest absolute Gasteiger partial charge is 0.496 e. The molecule has 2 rings (SSSR count). The van der Waals surface area contributed by atoms with Gasteiger partial charge in [0.2, 0.25) is 0 Å². The normalized spacial score (nSPS) is 10.3. The number of methoxy groups -OCH3 is 1. The molecule has 0 N–H and O–H groups in total. The maximum atomic E-state index is 12.3. The topological polar surface area (TPSA) is 26.3 Å². The van der Waals surface area contributed by atoms with Crippen LogP contribution in [0.3, 0.4) is 0 Å². The summed E-state index contributed by atoms with van der Waals surface area (Å²) in [4.78, 5) is 12.3. The van der Waals surface area contributed by atoms with Crippen LogP contribution in [0.5, 0.6) is 5.75 Å². The van der Waals surface area contributed by atoms with Crippen LogP contribution in [0.4, 0.5) is 0 Å². The molecule has 3 heteroatoms. The Morgan fingerprint density at radius 2 is 1.85 bits per heavy atom. The number of carbonyl (C=O) groups is 1. The summed E-state index contributed by atoms with van der Waals surface area (Å²) in [6, 6.07) is 13.5. The van der Waals surface area contributed by atoms with Gasteiger partial charge in [-0.05, 0) is 30.2 Å². The second-order valence-electron chi connectivity index (χ2n) is 4.61. The second kappa shape index (κ2) is 6.71. The summed E-state index contributed by atoms with van der Waals surface area (Å²) in [6.07, 6.45) is 1.32. The third-order valence-corrected chi connectivity index (χ3v) is 3.77.